The molecular formula is C16H18N4. The van der Waals surface area contributed by atoms with Crippen LogP contribution in [0.15, 0.2) is 30.3 Å². The molecule has 0 bridgehead atoms. The summed E-state index contributed by atoms with van der Waals surface area (Å²) >= 11 is 0. The number of nitrogens with one attached hydrogen (secondary N) is 1. The molecule has 102 valence electrons. The molecule has 3 rings (SSSR count). The van der Waals surface area contributed by atoms with Crippen LogP contribution in [-0.2, 0) is 0 Å². The molecule has 1 aliphatic heterocycles. The maximum Gasteiger partial charge on any atom is 0.128 e. The highest BCUT2D eigenvalue weighted by molar-refractivity contribution is 5.86. The lowest BCUT2D eigenvalue weighted by Gasteiger charge is -2.29. The summed E-state index contributed by atoms with van der Waals surface area (Å²) in [4.78, 5) is 6.96. The maximum absolute atomic E-state index is 9.29. The second-order valence-electron chi connectivity index (χ2n) is 5.41. The van der Waals surface area contributed by atoms with Gasteiger partial charge in [-0.15, -0.1) is 0 Å². The molecule has 0 aliphatic carbocycles. The summed E-state index contributed by atoms with van der Waals surface area (Å²) in [5.41, 5.74) is 1.56. The summed E-state index contributed by atoms with van der Waals surface area (Å²) < 4.78 is 0. The van der Waals surface area contributed by atoms with Crippen molar-refractivity contribution in [1.29, 1.82) is 5.26 Å². The number of para-hydroxylation sites is 1. The predicted molar refractivity (Wildman–Crippen MR) is 80.6 cm³/mol. The van der Waals surface area contributed by atoms with Gasteiger partial charge in [0.1, 0.15) is 5.82 Å². The minimum atomic E-state index is 0.450. The van der Waals surface area contributed by atoms with E-state index in [1.807, 2.05) is 30.3 Å². The third-order valence-electron chi connectivity index (χ3n) is 3.91. The van der Waals surface area contributed by atoms with Crippen LogP contribution in [0.1, 0.15) is 18.4 Å². The van der Waals surface area contributed by atoms with Crippen LogP contribution in [-0.4, -0.2) is 36.1 Å². The Morgan fingerprint density at radius 3 is 2.80 bits per heavy atom. The average Bonchev–Trinajstić information content (AvgIpc) is 2.49. The van der Waals surface area contributed by atoms with E-state index in [1.54, 1.807) is 0 Å². The van der Waals surface area contributed by atoms with E-state index in [9.17, 15) is 5.26 Å². The van der Waals surface area contributed by atoms with Crippen LogP contribution in [0, 0.1) is 11.3 Å². The first-order valence-corrected chi connectivity index (χ1v) is 7.01. The summed E-state index contributed by atoms with van der Waals surface area (Å²) in [6.45, 7) is 2.21. The fraction of sp³-hybridized carbons (Fsp3) is 0.375. The van der Waals surface area contributed by atoms with Gasteiger partial charge in [0, 0.05) is 11.4 Å². The van der Waals surface area contributed by atoms with Crippen molar-refractivity contribution in [2.45, 2.75) is 18.9 Å². The quantitative estimate of drug-likeness (QED) is 0.907. The number of likely N-dealkylation sites (tertiary alicyclic amines) is 1. The van der Waals surface area contributed by atoms with Gasteiger partial charge in [0.05, 0.1) is 17.1 Å². The van der Waals surface area contributed by atoms with Gasteiger partial charge in [-0.2, -0.15) is 5.26 Å². The highest BCUT2D eigenvalue weighted by atomic mass is 15.1. The zero-order valence-corrected chi connectivity index (χ0v) is 11.6. The van der Waals surface area contributed by atoms with Gasteiger partial charge in [-0.3, -0.25) is 0 Å². The molecule has 1 aliphatic rings. The smallest absolute Gasteiger partial charge is 0.128 e. The molecule has 0 unspecified atom stereocenters. The maximum atomic E-state index is 9.29. The molecule has 1 fully saturated rings. The van der Waals surface area contributed by atoms with Crippen LogP contribution in [0.2, 0.25) is 0 Å². The summed E-state index contributed by atoms with van der Waals surface area (Å²) in [7, 11) is 2.15. The van der Waals surface area contributed by atoms with Crippen LogP contribution in [0.5, 0.6) is 0 Å². The highest BCUT2D eigenvalue weighted by Gasteiger charge is 2.17. The van der Waals surface area contributed by atoms with Gasteiger partial charge in [-0.05, 0) is 45.1 Å². The van der Waals surface area contributed by atoms with Gasteiger partial charge in [-0.1, -0.05) is 18.2 Å². The van der Waals surface area contributed by atoms with Crippen LogP contribution < -0.4 is 5.32 Å². The first-order chi connectivity index (χ1) is 9.76. The summed E-state index contributed by atoms with van der Waals surface area (Å²) in [6.07, 6.45) is 2.24. The fourth-order valence-electron chi connectivity index (χ4n) is 2.70. The topological polar surface area (TPSA) is 52.0 Å². The van der Waals surface area contributed by atoms with Crippen LogP contribution >= 0.6 is 0 Å². The molecule has 4 heteroatoms. The molecular weight excluding hydrogens is 248 g/mol. The number of hydrogen-bond donors (Lipinski definition) is 1. The number of hydrogen-bond acceptors (Lipinski definition) is 4. The van der Waals surface area contributed by atoms with Gasteiger partial charge in [-0.25, -0.2) is 4.98 Å². The Bertz CT molecular complexity index is 651. The molecule has 1 aromatic carbocycles. The summed E-state index contributed by atoms with van der Waals surface area (Å²) in [5.74, 6) is 0.815. The van der Waals surface area contributed by atoms with Gasteiger partial charge in [0.2, 0.25) is 0 Å². The van der Waals surface area contributed by atoms with E-state index in [-0.39, 0.29) is 0 Å². The Morgan fingerprint density at radius 1 is 1.30 bits per heavy atom. The Hall–Kier alpha value is -2.12. The lowest BCUT2D eigenvalue weighted by molar-refractivity contribution is 0.263. The number of piperidine rings is 1. The lowest BCUT2D eigenvalue weighted by Crippen LogP contribution is -2.36. The molecule has 1 aromatic heterocycles. The minimum Gasteiger partial charge on any atom is -0.367 e. The Morgan fingerprint density at radius 2 is 2.05 bits per heavy atom. The second kappa shape index (κ2) is 5.48. The van der Waals surface area contributed by atoms with Crippen LogP contribution in [0.4, 0.5) is 5.82 Å². The van der Waals surface area contributed by atoms with E-state index in [2.05, 4.69) is 28.3 Å². The van der Waals surface area contributed by atoms with E-state index in [0.717, 1.165) is 42.7 Å². The van der Waals surface area contributed by atoms with Crippen molar-refractivity contribution in [2.24, 2.45) is 0 Å². The molecule has 0 atom stereocenters. The van der Waals surface area contributed by atoms with Crippen molar-refractivity contribution in [3.63, 3.8) is 0 Å². The van der Waals surface area contributed by atoms with Crippen molar-refractivity contribution in [3.05, 3.63) is 35.9 Å². The normalized spacial score (nSPS) is 17.0. The number of anilines is 1. The average molecular weight is 266 g/mol. The second-order valence-corrected chi connectivity index (χ2v) is 5.41. The number of rotatable bonds is 2. The molecule has 0 saturated carbocycles. The van der Waals surface area contributed by atoms with Crippen molar-refractivity contribution in [3.8, 4) is 6.07 Å². The zero-order valence-electron chi connectivity index (χ0n) is 11.6. The molecule has 2 heterocycles. The molecule has 0 radical (unpaired) electrons. The summed E-state index contributed by atoms with van der Waals surface area (Å²) in [6, 6.07) is 12.4. The standard InChI is InChI=1S/C16H18N4/c1-20-8-6-13(7-9-20)18-16-10-12(11-17)14-4-2-3-5-15(14)19-16/h2-5,10,13H,6-9H2,1H3,(H,18,19). The molecule has 2 aromatic rings. The number of benzene rings is 1. The van der Waals surface area contributed by atoms with E-state index < -0.39 is 0 Å². The SMILES string of the molecule is CN1CCC(Nc2cc(C#N)c3ccccc3n2)CC1. The van der Waals surface area contributed by atoms with E-state index >= 15 is 0 Å². The summed E-state index contributed by atoms with van der Waals surface area (Å²) in [5, 5.41) is 13.7. The lowest BCUT2D eigenvalue weighted by atomic mass is 10.1. The number of nitrogens with zero attached hydrogens (tertiary/aromatic N) is 3. The number of pyridine rings is 1. The minimum absolute atomic E-state index is 0.450. The monoisotopic (exact) mass is 266 g/mol. The third-order valence-corrected chi connectivity index (χ3v) is 3.91. The van der Waals surface area contributed by atoms with Gasteiger partial charge in [0.15, 0.2) is 0 Å². The van der Waals surface area contributed by atoms with E-state index in [4.69, 9.17) is 0 Å². The first-order valence-electron chi connectivity index (χ1n) is 7.01. The highest BCUT2D eigenvalue weighted by Crippen LogP contribution is 2.22. The number of aromatic nitrogens is 1. The van der Waals surface area contributed by atoms with Crippen LogP contribution in [0.25, 0.3) is 10.9 Å². The van der Waals surface area contributed by atoms with Gasteiger partial charge < -0.3 is 10.2 Å². The number of fused-ring (bicyclic) bond motifs is 1. The Balaban J connectivity index is 1.87. The number of nitriles is 1. The zero-order chi connectivity index (χ0) is 13.9. The molecule has 1 N–H and O–H groups in total. The molecule has 1 saturated heterocycles. The molecule has 4 nitrogen and oxygen atoms in total. The largest absolute Gasteiger partial charge is 0.367 e. The van der Waals surface area contributed by atoms with Gasteiger partial charge in [0.25, 0.3) is 0 Å². The fourth-order valence-corrected chi connectivity index (χ4v) is 2.70. The van der Waals surface area contributed by atoms with Crippen molar-refractivity contribution >= 4 is 16.7 Å². The molecule has 20 heavy (non-hydrogen) atoms. The third kappa shape index (κ3) is 2.59. The Kier molecular flexibility index (Phi) is 3.53. The molecule has 0 amide bonds. The van der Waals surface area contributed by atoms with Crippen molar-refractivity contribution < 1.29 is 0 Å². The Labute approximate surface area is 119 Å². The van der Waals surface area contributed by atoms with Crippen LogP contribution in [0.3, 0.4) is 0 Å². The molecule has 0 spiro atoms. The van der Waals surface area contributed by atoms with Crippen molar-refractivity contribution in [1.82, 2.24) is 9.88 Å². The van der Waals surface area contributed by atoms with Crippen molar-refractivity contribution in [2.75, 3.05) is 25.5 Å². The van der Waals surface area contributed by atoms with E-state index in [1.165, 1.54) is 0 Å². The van der Waals surface area contributed by atoms with E-state index in [0.29, 0.717) is 11.6 Å². The van der Waals surface area contributed by atoms with Gasteiger partial charge >= 0.3 is 0 Å². The first kappa shape index (κ1) is 12.9. The predicted octanol–water partition coefficient (Wildman–Crippen LogP) is 2.61.